The first-order chi connectivity index (χ1) is 5.40. The highest BCUT2D eigenvalue weighted by Gasteiger charge is 2.31. The second-order valence-electron chi connectivity index (χ2n) is 3.24. The molecular formula is C8H12N2O. The van der Waals surface area contributed by atoms with Crippen LogP contribution in [-0.4, -0.2) is 36.7 Å². The molecule has 0 aromatic rings. The summed E-state index contributed by atoms with van der Waals surface area (Å²) in [4.78, 5) is 2.37. The molecule has 0 saturated carbocycles. The third-order valence-electron chi connectivity index (χ3n) is 2.53. The van der Waals surface area contributed by atoms with E-state index in [0.29, 0.717) is 6.04 Å². The summed E-state index contributed by atoms with van der Waals surface area (Å²) in [5.41, 5.74) is 0. The van der Waals surface area contributed by atoms with Gasteiger partial charge in [-0.15, -0.1) is 0 Å². The van der Waals surface area contributed by atoms with Crippen LogP contribution in [0.1, 0.15) is 12.8 Å². The van der Waals surface area contributed by atoms with Crippen LogP contribution in [-0.2, 0) is 4.74 Å². The molecule has 3 nitrogen and oxygen atoms in total. The first-order valence-electron chi connectivity index (χ1n) is 4.15. The largest absolute Gasteiger partial charge is 0.360 e. The Kier molecular flexibility index (Phi) is 1.80. The molecular weight excluding hydrogens is 140 g/mol. The van der Waals surface area contributed by atoms with Crippen LogP contribution in [0, 0.1) is 11.3 Å². The third-order valence-corrected chi connectivity index (χ3v) is 2.53. The van der Waals surface area contributed by atoms with Crippen molar-refractivity contribution in [1.29, 1.82) is 5.26 Å². The predicted octanol–water partition coefficient (Wildman–Crippen LogP) is 0.373. The van der Waals surface area contributed by atoms with Crippen molar-refractivity contribution in [3.63, 3.8) is 0 Å². The quantitative estimate of drug-likeness (QED) is 0.503. The number of morpholine rings is 1. The van der Waals surface area contributed by atoms with Gasteiger partial charge in [0.25, 0.3) is 0 Å². The highest BCUT2D eigenvalue weighted by atomic mass is 16.5. The van der Waals surface area contributed by atoms with E-state index in [1.165, 1.54) is 12.8 Å². The number of nitriles is 1. The maximum absolute atomic E-state index is 8.61. The van der Waals surface area contributed by atoms with Crippen LogP contribution < -0.4 is 0 Å². The molecule has 0 aromatic heterocycles. The first-order valence-corrected chi connectivity index (χ1v) is 4.15. The van der Waals surface area contributed by atoms with Gasteiger partial charge in [0, 0.05) is 12.6 Å². The van der Waals surface area contributed by atoms with Gasteiger partial charge in [-0.1, -0.05) is 0 Å². The van der Waals surface area contributed by atoms with Crippen LogP contribution in [0.2, 0.25) is 0 Å². The summed E-state index contributed by atoms with van der Waals surface area (Å²) in [5.74, 6) is 0. The van der Waals surface area contributed by atoms with Crippen LogP contribution in [0.15, 0.2) is 0 Å². The van der Waals surface area contributed by atoms with Crippen molar-refractivity contribution in [3.8, 4) is 6.07 Å². The van der Waals surface area contributed by atoms with E-state index in [-0.39, 0.29) is 6.10 Å². The summed E-state index contributed by atoms with van der Waals surface area (Å²) in [6, 6.07) is 2.76. The minimum Gasteiger partial charge on any atom is -0.360 e. The van der Waals surface area contributed by atoms with E-state index in [1.807, 2.05) is 0 Å². The molecule has 60 valence electrons. The van der Waals surface area contributed by atoms with Crippen molar-refractivity contribution in [2.45, 2.75) is 25.0 Å². The van der Waals surface area contributed by atoms with Crippen molar-refractivity contribution < 1.29 is 4.74 Å². The molecule has 0 spiro atoms. The lowest BCUT2D eigenvalue weighted by atomic mass is 10.2. The number of hydrogen-bond acceptors (Lipinski definition) is 3. The van der Waals surface area contributed by atoms with E-state index >= 15 is 0 Å². The Morgan fingerprint density at radius 1 is 1.55 bits per heavy atom. The maximum Gasteiger partial charge on any atom is 0.156 e. The van der Waals surface area contributed by atoms with Gasteiger partial charge in [-0.25, -0.2) is 0 Å². The number of hydrogen-bond donors (Lipinski definition) is 0. The fraction of sp³-hybridized carbons (Fsp3) is 0.875. The minimum atomic E-state index is -0.177. The van der Waals surface area contributed by atoms with Crippen molar-refractivity contribution >= 4 is 0 Å². The summed E-state index contributed by atoms with van der Waals surface area (Å²) in [6.07, 6.45) is 2.34. The fourth-order valence-corrected chi connectivity index (χ4v) is 1.90. The molecule has 2 rings (SSSR count). The molecule has 2 fully saturated rings. The second-order valence-corrected chi connectivity index (χ2v) is 3.24. The maximum atomic E-state index is 8.61. The monoisotopic (exact) mass is 152 g/mol. The summed E-state index contributed by atoms with van der Waals surface area (Å²) in [5, 5.41) is 8.61. The molecule has 0 aliphatic carbocycles. The summed E-state index contributed by atoms with van der Waals surface area (Å²) in [7, 11) is 0. The van der Waals surface area contributed by atoms with Crippen molar-refractivity contribution in [3.05, 3.63) is 0 Å². The average Bonchev–Trinajstić information content (AvgIpc) is 2.50. The zero-order valence-electron chi connectivity index (χ0n) is 6.49. The lowest BCUT2D eigenvalue weighted by molar-refractivity contribution is -0.0217. The van der Waals surface area contributed by atoms with Gasteiger partial charge >= 0.3 is 0 Å². The van der Waals surface area contributed by atoms with Crippen molar-refractivity contribution in [2.75, 3.05) is 19.7 Å². The van der Waals surface area contributed by atoms with E-state index in [0.717, 1.165) is 19.7 Å². The van der Waals surface area contributed by atoms with E-state index in [9.17, 15) is 0 Å². The van der Waals surface area contributed by atoms with Gasteiger partial charge in [-0.05, 0) is 19.4 Å². The van der Waals surface area contributed by atoms with Crippen molar-refractivity contribution in [1.82, 2.24) is 4.90 Å². The molecule has 2 atom stereocenters. The number of nitrogens with zero attached hydrogens (tertiary/aromatic N) is 2. The third kappa shape index (κ3) is 1.24. The molecule has 2 aliphatic heterocycles. The van der Waals surface area contributed by atoms with Crippen LogP contribution in [0.4, 0.5) is 0 Å². The molecule has 2 heterocycles. The molecule has 0 aromatic carbocycles. The van der Waals surface area contributed by atoms with Crippen LogP contribution in [0.5, 0.6) is 0 Å². The Morgan fingerprint density at radius 3 is 3.27 bits per heavy atom. The van der Waals surface area contributed by atoms with E-state index in [1.54, 1.807) is 0 Å². The molecule has 2 saturated heterocycles. The van der Waals surface area contributed by atoms with Crippen molar-refractivity contribution in [2.24, 2.45) is 0 Å². The molecule has 2 aliphatic rings. The van der Waals surface area contributed by atoms with E-state index in [4.69, 9.17) is 10.00 Å². The van der Waals surface area contributed by atoms with Gasteiger partial charge in [-0.3, -0.25) is 4.90 Å². The minimum absolute atomic E-state index is 0.177. The first kappa shape index (κ1) is 7.08. The smallest absolute Gasteiger partial charge is 0.156 e. The predicted molar refractivity (Wildman–Crippen MR) is 39.9 cm³/mol. The zero-order valence-corrected chi connectivity index (χ0v) is 6.49. The Bertz CT molecular complexity index is 187. The lowest BCUT2D eigenvalue weighted by Gasteiger charge is -2.31. The molecule has 0 bridgehead atoms. The standard InChI is InChI=1S/C8H12N2O/c9-4-8-5-10-3-1-2-7(10)6-11-8/h7-8H,1-3,5-6H2/t7-,8-/m1/s1. The molecule has 3 heteroatoms. The van der Waals surface area contributed by atoms with Gasteiger partial charge in [0.1, 0.15) is 0 Å². The molecule has 0 amide bonds. The Morgan fingerprint density at radius 2 is 2.45 bits per heavy atom. The van der Waals surface area contributed by atoms with Gasteiger partial charge in [0.15, 0.2) is 6.10 Å². The summed E-state index contributed by atoms with van der Waals surface area (Å²) in [6.45, 7) is 2.74. The van der Waals surface area contributed by atoms with Gasteiger partial charge in [0.05, 0.1) is 12.7 Å². The van der Waals surface area contributed by atoms with E-state index in [2.05, 4.69) is 11.0 Å². The Hall–Kier alpha value is -0.590. The molecule has 11 heavy (non-hydrogen) atoms. The SMILES string of the molecule is N#C[C@@H]1CN2CCC[C@@H]2CO1. The van der Waals surface area contributed by atoms with E-state index < -0.39 is 0 Å². The Labute approximate surface area is 66.5 Å². The number of fused-ring (bicyclic) bond motifs is 1. The molecule has 0 unspecified atom stereocenters. The second kappa shape index (κ2) is 2.80. The van der Waals surface area contributed by atoms with Gasteiger partial charge in [0.2, 0.25) is 0 Å². The van der Waals surface area contributed by atoms with Crippen LogP contribution in [0.25, 0.3) is 0 Å². The van der Waals surface area contributed by atoms with Crippen LogP contribution >= 0.6 is 0 Å². The molecule has 0 radical (unpaired) electrons. The van der Waals surface area contributed by atoms with Crippen LogP contribution in [0.3, 0.4) is 0 Å². The number of rotatable bonds is 0. The molecule has 0 N–H and O–H groups in total. The highest BCUT2D eigenvalue weighted by Crippen LogP contribution is 2.21. The topological polar surface area (TPSA) is 36.3 Å². The summed E-state index contributed by atoms with van der Waals surface area (Å²) >= 11 is 0. The zero-order chi connectivity index (χ0) is 7.68. The normalized spacial score (nSPS) is 38.1. The highest BCUT2D eigenvalue weighted by molar-refractivity contribution is 4.94. The Balaban J connectivity index is 1.97. The number of ether oxygens (including phenoxy) is 1. The lowest BCUT2D eigenvalue weighted by Crippen LogP contribution is -2.45. The average molecular weight is 152 g/mol. The van der Waals surface area contributed by atoms with Gasteiger partial charge in [-0.2, -0.15) is 5.26 Å². The fourth-order valence-electron chi connectivity index (χ4n) is 1.90. The van der Waals surface area contributed by atoms with Gasteiger partial charge < -0.3 is 4.74 Å². The summed E-state index contributed by atoms with van der Waals surface area (Å²) < 4.78 is 5.34.